The molecule has 0 aliphatic carbocycles. The van der Waals surface area contributed by atoms with Gasteiger partial charge in [0.25, 0.3) is 0 Å². The minimum absolute atomic E-state index is 0.0900. The van der Waals surface area contributed by atoms with Gasteiger partial charge in [-0.15, -0.1) is 0 Å². The van der Waals surface area contributed by atoms with Crippen molar-refractivity contribution < 1.29 is 38.4 Å². The largest absolute Gasteiger partial charge is 0.626 e. The van der Waals surface area contributed by atoms with Gasteiger partial charge in [0.2, 0.25) is 54.7 Å². The molecular formula is C30H32N10O8. The first-order valence-corrected chi connectivity index (χ1v) is 14.6. The summed E-state index contributed by atoms with van der Waals surface area (Å²) >= 11 is 0. The Bertz CT molecular complexity index is 1390. The lowest BCUT2D eigenvalue weighted by Crippen LogP contribution is -2.35. The molecule has 48 heavy (non-hydrogen) atoms. The molecule has 0 aromatic heterocycles. The summed E-state index contributed by atoms with van der Waals surface area (Å²) in [6.07, 6.45) is 14.5. The van der Waals surface area contributed by atoms with Crippen LogP contribution in [0.4, 0.5) is 0 Å². The van der Waals surface area contributed by atoms with Gasteiger partial charge in [-0.2, -0.15) is 4.99 Å². The molecule has 0 rings (SSSR count). The molecule has 0 aliphatic rings. The van der Waals surface area contributed by atoms with Crippen LogP contribution in [0.25, 0.3) is 9.69 Å². The molecule has 0 aliphatic heterocycles. The normalized spacial score (nSPS) is 13.5. The molecule has 0 radical (unpaired) electrons. The molecule has 0 saturated heterocycles. The summed E-state index contributed by atoms with van der Waals surface area (Å²) < 4.78 is 0. The van der Waals surface area contributed by atoms with Crippen molar-refractivity contribution in [2.24, 2.45) is 45.4 Å². The van der Waals surface area contributed by atoms with Gasteiger partial charge in [-0.1, -0.05) is 19.3 Å². The topological polar surface area (TPSA) is 244 Å². The van der Waals surface area contributed by atoms with E-state index in [1.54, 1.807) is 0 Å². The van der Waals surface area contributed by atoms with Crippen LogP contribution in [-0.4, -0.2) is 98.2 Å². The smallest absolute Gasteiger partial charge is 0.222 e. The predicted molar refractivity (Wildman–Crippen MR) is 164 cm³/mol. The molecule has 0 amide bonds. The minimum atomic E-state index is -2.39. The number of rotatable bonds is 27. The highest BCUT2D eigenvalue weighted by atomic mass is 16.1. The van der Waals surface area contributed by atoms with E-state index < -0.39 is 35.4 Å². The summed E-state index contributed by atoms with van der Waals surface area (Å²) in [7, 11) is 0. The van der Waals surface area contributed by atoms with E-state index in [2.05, 4.69) is 49.6 Å². The second-order valence-electron chi connectivity index (χ2n) is 10.5. The van der Waals surface area contributed by atoms with E-state index >= 15 is 0 Å². The molecule has 250 valence electrons. The standard InChI is InChI=1S/C30H32N10O8/c1-31-30(32-2,40-24-48)28(39-23-47)9-13-29(10-3-6-25(36-20-44)14-33-17-41,11-4-7-26(37-21-45)15-34-18-42)12-5-8-27(38-22-46)16-35-19-43/h25-28H,3-16H2. The van der Waals surface area contributed by atoms with Crippen molar-refractivity contribution in [2.45, 2.75) is 101 Å². The number of hydrogen-bond donors (Lipinski definition) is 0. The first-order valence-electron chi connectivity index (χ1n) is 14.6. The van der Waals surface area contributed by atoms with Crippen molar-refractivity contribution >= 4 is 48.6 Å². The molecule has 0 heterocycles. The molecule has 0 saturated carbocycles. The predicted octanol–water partition coefficient (Wildman–Crippen LogP) is 2.92. The molecular weight excluding hydrogens is 628 g/mol. The third kappa shape index (κ3) is 16.4. The SMILES string of the molecule is [C-]#[N+]C(N=C=O)([N+]#[C-])C(CCC(CCCC(CN=C=O)N=C=O)(CCCC(CN=C=O)N=C=O)CCCC(CN=C=O)N=C=O)N=C=O. The Labute approximate surface area is 275 Å². The van der Waals surface area contributed by atoms with Gasteiger partial charge in [0.05, 0.1) is 37.8 Å². The molecule has 0 aromatic rings. The van der Waals surface area contributed by atoms with Crippen LogP contribution in [0.2, 0.25) is 0 Å². The summed E-state index contributed by atoms with van der Waals surface area (Å²) in [6.45, 7) is 14.7. The molecule has 0 N–H and O–H groups in total. The molecule has 18 nitrogen and oxygen atoms in total. The molecule has 0 spiro atoms. The Balaban J connectivity index is 6.77. The van der Waals surface area contributed by atoms with Crippen LogP contribution in [0.1, 0.15) is 70.6 Å². The van der Waals surface area contributed by atoms with Gasteiger partial charge in [0.15, 0.2) is 0 Å². The van der Waals surface area contributed by atoms with Crippen LogP contribution < -0.4 is 0 Å². The molecule has 0 bridgehead atoms. The quantitative estimate of drug-likeness (QED) is 0.0718. The highest BCUT2D eigenvalue weighted by Crippen LogP contribution is 2.43. The van der Waals surface area contributed by atoms with E-state index in [0.717, 1.165) is 0 Å². The average molecular weight is 661 g/mol. The van der Waals surface area contributed by atoms with Crippen molar-refractivity contribution in [3.05, 3.63) is 22.8 Å². The maximum absolute atomic E-state index is 11.3. The van der Waals surface area contributed by atoms with Crippen LogP contribution in [-0.2, 0) is 38.4 Å². The third-order valence-corrected chi connectivity index (χ3v) is 7.68. The minimum Gasteiger partial charge on any atom is -0.222 e. The Kier molecular flexibility index (Phi) is 23.0. The maximum Gasteiger partial charge on any atom is 0.626 e. The lowest BCUT2D eigenvalue weighted by molar-refractivity contribution is 0.164. The Morgan fingerprint density at radius 2 is 0.854 bits per heavy atom. The zero-order valence-corrected chi connectivity index (χ0v) is 25.9. The van der Waals surface area contributed by atoms with Gasteiger partial charge in [0.1, 0.15) is 0 Å². The summed E-state index contributed by atoms with van der Waals surface area (Å²) in [5.74, 6) is -2.39. The van der Waals surface area contributed by atoms with Crippen molar-refractivity contribution in [3.8, 4) is 0 Å². The lowest BCUT2D eigenvalue weighted by atomic mass is 9.70. The van der Waals surface area contributed by atoms with Crippen LogP contribution in [0.5, 0.6) is 0 Å². The zero-order chi connectivity index (χ0) is 35.9. The second-order valence-corrected chi connectivity index (χ2v) is 10.5. The molecule has 4 atom stereocenters. The van der Waals surface area contributed by atoms with Crippen LogP contribution in [0.15, 0.2) is 39.9 Å². The number of hydrogen-bond acceptors (Lipinski definition) is 16. The van der Waals surface area contributed by atoms with E-state index in [0.29, 0.717) is 57.8 Å². The number of carbonyl (C=O) groups excluding carboxylic acids is 8. The van der Waals surface area contributed by atoms with Crippen molar-refractivity contribution in [3.63, 3.8) is 0 Å². The monoisotopic (exact) mass is 660 g/mol. The van der Waals surface area contributed by atoms with Crippen LogP contribution in [0.3, 0.4) is 0 Å². The summed E-state index contributed by atoms with van der Waals surface area (Å²) in [5.41, 5.74) is -0.701. The van der Waals surface area contributed by atoms with Crippen molar-refractivity contribution in [2.75, 3.05) is 19.6 Å². The van der Waals surface area contributed by atoms with Gasteiger partial charge in [-0.3, -0.25) is 0 Å². The van der Waals surface area contributed by atoms with Gasteiger partial charge in [-0.25, -0.2) is 91.1 Å². The Morgan fingerprint density at radius 1 is 0.479 bits per heavy atom. The Hall–Kier alpha value is -5.98. The Morgan fingerprint density at radius 3 is 1.15 bits per heavy atom. The lowest BCUT2D eigenvalue weighted by Gasteiger charge is -2.36. The fraction of sp³-hybridized carbons (Fsp3) is 0.667. The van der Waals surface area contributed by atoms with E-state index in [4.69, 9.17) is 13.1 Å². The molecule has 4 unspecified atom stereocenters. The first-order chi connectivity index (χ1) is 23.3. The van der Waals surface area contributed by atoms with Gasteiger partial charge in [0, 0.05) is 0 Å². The summed E-state index contributed by atoms with van der Waals surface area (Å²) in [6, 6.07) is -3.42. The number of aliphatic imine (C=N–C) groups is 8. The molecule has 0 fully saturated rings. The van der Waals surface area contributed by atoms with Gasteiger partial charge in [-0.05, 0) is 61.8 Å². The molecule has 18 heteroatoms. The first kappa shape index (κ1) is 42.0. The van der Waals surface area contributed by atoms with Gasteiger partial charge >= 0.3 is 5.79 Å². The fourth-order valence-electron chi connectivity index (χ4n) is 5.35. The van der Waals surface area contributed by atoms with E-state index in [-0.39, 0.29) is 32.5 Å². The second kappa shape index (κ2) is 26.3. The fourth-order valence-corrected chi connectivity index (χ4v) is 5.35. The van der Waals surface area contributed by atoms with E-state index in [1.807, 2.05) is 0 Å². The molecule has 0 aromatic carbocycles. The number of isocyanates is 8. The summed E-state index contributed by atoms with van der Waals surface area (Å²) in [5, 5.41) is 0. The van der Waals surface area contributed by atoms with E-state index in [1.165, 1.54) is 48.6 Å². The van der Waals surface area contributed by atoms with Gasteiger partial charge < -0.3 is 0 Å². The highest BCUT2D eigenvalue weighted by Gasteiger charge is 2.55. The highest BCUT2D eigenvalue weighted by molar-refractivity contribution is 5.40. The maximum atomic E-state index is 11.3. The average Bonchev–Trinajstić information content (AvgIpc) is 3.09. The zero-order valence-electron chi connectivity index (χ0n) is 25.9. The van der Waals surface area contributed by atoms with Crippen LogP contribution in [0, 0.1) is 18.6 Å². The summed E-state index contributed by atoms with van der Waals surface area (Å²) in [4.78, 5) is 122. The number of nitrogens with zero attached hydrogens (tertiary/aromatic N) is 10. The van der Waals surface area contributed by atoms with E-state index in [9.17, 15) is 38.4 Å². The van der Waals surface area contributed by atoms with Crippen LogP contribution >= 0.6 is 0 Å². The van der Waals surface area contributed by atoms with Crippen molar-refractivity contribution in [1.82, 2.24) is 0 Å². The third-order valence-electron chi connectivity index (χ3n) is 7.68. The van der Waals surface area contributed by atoms with Crippen molar-refractivity contribution in [1.29, 1.82) is 0 Å².